The Hall–Kier alpha value is -1.00. The van der Waals surface area contributed by atoms with Crippen LogP contribution in [0.25, 0.3) is 0 Å². The standard InChI is InChI=1S/C21H32N4O2S.HI/c1-2-22-21(25-15-19-9-5-11-28-19)24-13-16-6-3-7-17(12-16)20(26)23-14-18-8-4-10-27-18;/h3,6-7,12,18-19H,2,4-5,8-11,13-15H2,1H3,(H,23,26)(H2,22,24,25);1H. The third-order valence-corrected chi connectivity index (χ3v) is 6.39. The number of hydrogen-bond donors (Lipinski definition) is 3. The van der Waals surface area contributed by atoms with E-state index in [-0.39, 0.29) is 36.0 Å². The second-order valence-electron chi connectivity index (χ2n) is 7.26. The summed E-state index contributed by atoms with van der Waals surface area (Å²) in [4.78, 5) is 17.1. The molecule has 0 spiro atoms. The van der Waals surface area contributed by atoms with Crippen molar-refractivity contribution < 1.29 is 9.53 Å². The van der Waals surface area contributed by atoms with Crippen LogP contribution in [0.4, 0.5) is 0 Å². The Morgan fingerprint density at radius 1 is 1.21 bits per heavy atom. The van der Waals surface area contributed by atoms with Gasteiger partial charge in [-0.3, -0.25) is 4.79 Å². The third-order valence-electron chi connectivity index (χ3n) is 4.99. The summed E-state index contributed by atoms with van der Waals surface area (Å²) in [6.45, 7) is 5.77. The first-order valence-electron chi connectivity index (χ1n) is 10.4. The minimum absolute atomic E-state index is 0. The van der Waals surface area contributed by atoms with Crippen LogP contribution in [0.2, 0.25) is 0 Å². The zero-order valence-electron chi connectivity index (χ0n) is 17.1. The Morgan fingerprint density at radius 3 is 2.83 bits per heavy atom. The summed E-state index contributed by atoms with van der Waals surface area (Å²) in [5, 5.41) is 10.4. The van der Waals surface area contributed by atoms with Gasteiger partial charge in [-0.25, -0.2) is 4.99 Å². The van der Waals surface area contributed by atoms with Gasteiger partial charge in [-0.1, -0.05) is 12.1 Å². The highest BCUT2D eigenvalue weighted by Gasteiger charge is 2.17. The van der Waals surface area contributed by atoms with Crippen molar-refractivity contribution >= 4 is 47.6 Å². The molecule has 0 aliphatic carbocycles. The first-order valence-corrected chi connectivity index (χ1v) is 11.4. The molecule has 2 atom stereocenters. The molecule has 2 unspecified atom stereocenters. The van der Waals surface area contributed by atoms with Crippen LogP contribution in [0.1, 0.15) is 48.5 Å². The number of amides is 1. The second kappa shape index (κ2) is 13.3. The van der Waals surface area contributed by atoms with Gasteiger partial charge in [0.2, 0.25) is 0 Å². The van der Waals surface area contributed by atoms with Crippen molar-refractivity contribution in [3.05, 3.63) is 35.4 Å². The van der Waals surface area contributed by atoms with Crippen LogP contribution in [-0.4, -0.2) is 55.2 Å². The smallest absolute Gasteiger partial charge is 0.251 e. The summed E-state index contributed by atoms with van der Waals surface area (Å²) < 4.78 is 5.56. The summed E-state index contributed by atoms with van der Waals surface area (Å²) in [6, 6.07) is 7.70. The van der Waals surface area contributed by atoms with Crippen LogP contribution in [0.5, 0.6) is 0 Å². The van der Waals surface area contributed by atoms with Crippen molar-refractivity contribution in [3.8, 4) is 0 Å². The Balaban J connectivity index is 0.00000300. The zero-order chi connectivity index (χ0) is 19.6. The molecule has 0 bridgehead atoms. The lowest BCUT2D eigenvalue weighted by atomic mass is 10.1. The van der Waals surface area contributed by atoms with Crippen LogP contribution >= 0.6 is 35.7 Å². The normalized spacial score (nSPS) is 21.5. The molecule has 2 saturated heterocycles. The first kappa shape index (κ1) is 24.3. The van der Waals surface area contributed by atoms with Crippen molar-refractivity contribution in [2.45, 2.75) is 50.5 Å². The van der Waals surface area contributed by atoms with E-state index in [0.717, 1.165) is 44.1 Å². The van der Waals surface area contributed by atoms with Gasteiger partial charge in [-0.05, 0) is 56.1 Å². The molecule has 0 radical (unpaired) electrons. The number of carbonyl (C=O) groups excluding carboxylic acids is 1. The number of halogens is 1. The predicted octanol–water partition coefficient (Wildman–Crippen LogP) is 3.16. The SMILES string of the molecule is CCNC(=NCc1cccc(C(=O)NCC2CCCO2)c1)NCC1CCCS1.I. The van der Waals surface area contributed by atoms with Crippen LogP contribution in [0.15, 0.2) is 29.3 Å². The van der Waals surface area contributed by atoms with E-state index < -0.39 is 0 Å². The van der Waals surface area contributed by atoms with Crippen LogP contribution in [0.3, 0.4) is 0 Å². The Kier molecular flexibility index (Phi) is 11.2. The predicted molar refractivity (Wildman–Crippen MR) is 131 cm³/mol. The number of carbonyl (C=O) groups is 1. The zero-order valence-corrected chi connectivity index (χ0v) is 20.3. The molecule has 6 nitrogen and oxygen atoms in total. The van der Waals surface area contributed by atoms with Crippen LogP contribution < -0.4 is 16.0 Å². The lowest BCUT2D eigenvalue weighted by molar-refractivity contribution is 0.0857. The van der Waals surface area contributed by atoms with E-state index in [1.807, 2.05) is 36.0 Å². The highest BCUT2D eigenvalue weighted by atomic mass is 127. The fraction of sp³-hybridized carbons (Fsp3) is 0.619. The van der Waals surface area contributed by atoms with E-state index in [9.17, 15) is 4.79 Å². The molecule has 0 aromatic heterocycles. The summed E-state index contributed by atoms with van der Waals surface area (Å²) >= 11 is 2.04. The minimum atomic E-state index is -0.0513. The molecule has 8 heteroatoms. The second-order valence-corrected chi connectivity index (χ2v) is 8.66. The van der Waals surface area contributed by atoms with E-state index in [1.165, 1.54) is 18.6 Å². The molecule has 162 valence electrons. The maximum Gasteiger partial charge on any atom is 0.251 e. The van der Waals surface area contributed by atoms with Crippen LogP contribution in [0, 0.1) is 0 Å². The Labute approximate surface area is 195 Å². The van der Waals surface area contributed by atoms with E-state index in [0.29, 0.717) is 23.9 Å². The summed E-state index contributed by atoms with van der Waals surface area (Å²) in [7, 11) is 0. The largest absolute Gasteiger partial charge is 0.376 e. The number of aliphatic imine (C=N–C) groups is 1. The van der Waals surface area contributed by atoms with E-state index in [1.54, 1.807) is 0 Å². The fourth-order valence-electron chi connectivity index (χ4n) is 3.45. The molecule has 2 aliphatic heterocycles. The average molecular weight is 532 g/mol. The highest BCUT2D eigenvalue weighted by molar-refractivity contribution is 14.0. The number of thioether (sulfide) groups is 1. The molecule has 3 N–H and O–H groups in total. The molecule has 0 saturated carbocycles. The van der Waals surface area contributed by atoms with Gasteiger partial charge in [0.1, 0.15) is 0 Å². The first-order chi connectivity index (χ1) is 13.7. The van der Waals surface area contributed by atoms with Crippen molar-refractivity contribution in [3.63, 3.8) is 0 Å². The summed E-state index contributed by atoms with van der Waals surface area (Å²) in [6.07, 6.45) is 4.85. The minimum Gasteiger partial charge on any atom is -0.376 e. The van der Waals surface area contributed by atoms with Gasteiger partial charge in [0.05, 0.1) is 12.6 Å². The van der Waals surface area contributed by atoms with Crippen molar-refractivity contribution in [1.82, 2.24) is 16.0 Å². The van der Waals surface area contributed by atoms with Gasteiger partial charge < -0.3 is 20.7 Å². The van der Waals surface area contributed by atoms with E-state index in [4.69, 9.17) is 4.74 Å². The topological polar surface area (TPSA) is 74.8 Å². The highest BCUT2D eigenvalue weighted by Crippen LogP contribution is 2.25. The fourth-order valence-corrected chi connectivity index (χ4v) is 4.65. The Morgan fingerprint density at radius 2 is 2.10 bits per heavy atom. The van der Waals surface area contributed by atoms with Gasteiger partial charge in [-0.15, -0.1) is 24.0 Å². The maximum absolute atomic E-state index is 12.4. The lowest BCUT2D eigenvalue weighted by Crippen LogP contribution is -2.40. The quantitative estimate of drug-likeness (QED) is 0.273. The number of hydrogen-bond acceptors (Lipinski definition) is 4. The molecule has 2 aliphatic rings. The average Bonchev–Trinajstić information content (AvgIpc) is 3.42. The molecule has 1 amide bonds. The maximum atomic E-state index is 12.4. The Bertz CT molecular complexity index is 662. The van der Waals surface area contributed by atoms with Crippen molar-refractivity contribution in [1.29, 1.82) is 0 Å². The molecule has 2 fully saturated rings. The number of rotatable bonds is 8. The molecule has 29 heavy (non-hydrogen) atoms. The van der Waals surface area contributed by atoms with E-state index >= 15 is 0 Å². The summed E-state index contributed by atoms with van der Waals surface area (Å²) in [5.74, 6) is 2.05. The molecule has 1 aromatic rings. The van der Waals surface area contributed by atoms with Crippen LogP contribution in [-0.2, 0) is 11.3 Å². The summed E-state index contributed by atoms with van der Waals surface area (Å²) in [5.41, 5.74) is 1.70. The molecule has 2 heterocycles. The van der Waals surface area contributed by atoms with Gasteiger partial charge in [0, 0.05) is 37.1 Å². The number of nitrogens with one attached hydrogen (secondary N) is 3. The van der Waals surface area contributed by atoms with Gasteiger partial charge in [0.15, 0.2) is 5.96 Å². The molecule has 1 aromatic carbocycles. The van der Waals surface area contributed by atoms with Gasteiger partial charge in [0.25, 0.3) is 5.91 Å². The van der Waals surface area contributed by atoms with E-state index in [2.05, 4.69) is 27.9 Å². The number of nitrogens with zero attached hydrogens (tertiary/aromatic N) is 1. The third kappa shape index (κ3) is 8.33. The van der Waals surface area contributed by atoms with Crippen molar-refractivity contribution in [2.75, 3.05) is 32.0 Å². The molecular formula is C21H33IN4O2S. The number of guanidine groups is 1. The lowest BCUT2D eigenvalue weighted by Gasteiger charge is -2.14. The van der Waals surface area contributed by atoms with Gasteiger partial charge >= 0.3 is 0 Å². The molecular weight excluding hydrogens is 499 g/mol. The molecule has 3 rings (SSSR count). The number of benzene rings is 1. The van der Waals surface area contributed by atoms with Gasteiger partial charge in [-0.2, -0.15) is 11.8 Å². The monoisotopic (exact) mass is 532 g/mol. The van der Waals surface area contributed by atoms with Crippen molar-refractivity contribution in [2.24, 2.45) is 4.99 Å². The number of ether oxygens (including phenoxy) is 1.